The Kier molecular flexibility index (Phi) is 6.35. The first-order chi connectivity index (χ1) is 9.73. The van der Waals surface area contributed by atoms with Crippen molar-refractivity contribution in [3.63, 3.8) is 0 Å². The van der Waals surface area contributed by atoms with Crippen LogP contribution in [0.1, 0.15) is 72.1 Å². The third kappa shape index (κ3) is 3.98. The highest BCUT2D eigenvalue weighted by Crippen LogP contribution is 2.38. The summed E-state index contributed by atoms with van der Waals surface area (Å²) in [4.78, 5) is 2.79. The molecule has 1 heterocycles. The van der Waals surface area contributed by atoms with E-state index in [9.17, 15) is 0 Å². The van der Waals surface area contributed by atoms with Crippen molar-refractivity contribution in [3.05, 3.63) is 0 Å². The molecule has 2 aliphatic rings. The van der Waals surface area contributed by atoms with Crippen molar-refractivity contribution >= 4 is 0 Å². The minimum absolute atomic E-state index is 0.637. The molecule has 1 N–H and O–H groups in total. The lowest BCUT2D eigenvalue weighted by molar-refractivity contribution is 0.193. The van der Waals surface area contributed by atoms with Crippen molar-refractivity contribution in [3.8, 4) is 0 Å². The third-order valence-corrected chi connectivity index (χ3v) is 6.14. The van der Waals surface area contributed by atoms with Crippen LogP contribution in [0.5, 0.6) is 0 Å². The molecular formula is C18H36N2. The molecule has 1 saturated carbocycles. The zero-order valence-electron chi connectivity index (χ0n) is 14.1. The normalized spacial score (nSPS) is 31.4. The standard InChI is InChI=1S/C18H36N2/c1-4-18(5-2)12-13-20(15-18)14-16-10-8-7-9-11-17(16)19-6-3/h16-17,19H,4-15H2,1-3H3. The Morgan fingerprint density at radius 1 is 1.05 bits per heavy atom. The average molecular weight is 280 g/mol. The summed E-state index contributed by atoms with van der Waals surface area (Å²) in [5.41, 5.74) is 0.637. The number of hydrogen-bond donors (Lipinski definition) is 1. The van der Waals surface area contributed by atoms with Crippen molar-refractivity contribution in [2.75, 3.05) is 26.2 Å². The lowest BCUT2D eigenvalue weighted by Crippen LogP contribution is -2.41. The Hall–Kier alpha value is -0.0800. The quantitative estimate of drug-likeness (QED) is 0.738. The molecule has 0 aromatic rings. The molecule has 2 atom stereocenters. The molecule has 0 aromatic carbocycles. The summed E-state index contributed by atoms with van der Waals surface area (Å²) in [6.07, 6.45) is 11.3. The van der Waals surface area contributed by atoms with Crippen LogP contribution in [-0.2, 0) is 0 Å². The number of rotatable bonds is 6. The summed E-state index contributed by atoms with van der Waals surface area (Å²) >= 11 is 0. The van der Waals surface area contributed by atoms with Gasteiger partial charge in [-0.2, -0.15) is 0 Å². The lowest BCUT2D eigenvalue weighted by Gasteiger charge is -2.31. The number of hydrogen-bond acceptors (Lipinski definition) is 2. The van der Waals surface area contributed by atoms with Crippen LogP contribution in [0.4, 0.5) is 0 Å². The highest BCUT2D eigenvalue weighted by molar-refractivity contribution is 4.90. The van der Waals surface area contributed by atoms with E-state index in [-0.39, 0.29) is 0 Å². The van der Waals surface area contributed by atoms with E-state index in [0.717, 1.165) is 18.5 Å². The molecule has 2 fully saturated rings. The second kappa shape index (κ2) is 7.79. The van der Waals surface area contributed by atoms with E-state index in [1.807, 2.05) is 0 Å². The van der Waals surface area contributed by atoms with Crippen LogP contribution in [0.2, 0.25) is 0 Å². The molecule has 0 bridgehead atoms. The monoisotopic (exact) mass is 280 g/mol. The predicted molar refractivity (Wildman–Crippen MR) is 88.1 cm³/mol. The predicted octanol–water partition coefficient (Wildman–Crippen LogP) is 4.06. The topological polar surface area (TPSA) is 15.3 Å². The van der Waals surface area contributed by atoms with Gasteiger partial charge in [-0.15, -0.1) is 0 Å². The van der Waals surface area contributed by atoms with Crippen molar-refractivity contribution in [2.45, 2.75) is 78.2 Å². The maximum Gasteiger partial charge on any atom is 0.0107 e. The van der Waals surface area contributed by atoms with Crippen LogP contribution < -0.4 is 5.32 Å². The van der Waals surface area contributed by atoms with Crippen molar-refractivity contribution < 1.29 is 0 Å². The van der Waals surface area contributed by atoms with Gasteiger partial charge in [0, 0.05) is 19.1 Å². The lowest BCUT2D eigenvalue weighted by atomic mass is 9.82. The molecule has 1 saturated heterocycles. The fourth-order valence-corrected chi connectivity index (χ4v) is 4.48. The molecule has 118 valence electrons. The van der Waals surface area contributed by atoms with Crippen LogP contribution in [0, 0.1) is 11.3 Å². The SMILES string of the molecule is CCNC1CCCCCC1CN1CCC(CC)(CC)C1. The fourth-order valence-electron chi connectivity index (χ4n) is 4.48. The Morgan fingerprint density at radius 2 is 1.80 bits per heavy atom. The molecule has 2 rings (SSSR count). The Balaban J connectivity index is 1.90. The summed E-state index contributed by atoms with van der Waals surface area (Å²) in [6, 6.07) is 0.778. The van der Waals surface area contributed by atoms with E-state index in [1.165, 1.54) is 71.0 Å². The molecular weight excluding hydrogens is 244 g/mol. The van der Waals surface area contributed by atoms with E-state index >= 15 is 0 Å². The highest BCUT2D eigenvalue weighted by atomic mass is 15.2. The molecule has 0 spiro atoms. The van der Waals surface area contributed by atoms with Crippen molar-refractivity contribution in [2.24, 2.45) is 11.3 Å². The van der Waals surface area contributed by atoms with Crippen LogP contribution in [0.15, 0.2) is 0 Å². The Labute approximate surface area is 126 Å². The van der Waals surface area contributed by atoms with E-state index in [4.69, 9.17) is 0 Å². The molecule has 2 nitrogen and oxygen atoms in total. The van der Waals surface area contributed by atoms with Crippen LogP contribution in [0.3, 0.4) is 0 Å². The van der Waals surface area contributed by atoms with Gasteiger partial charge in [-0.3, -0.25) is 0 Å². The van der Waals surface area contributed by atoms with Gasteiger partial charge in [-0.1, -0.05) is 40.0 Å². The van der Waals surface area contributed by atoms with Crippen LogP contribution in [0.25, 0.3) is 0 Å². The van der Waals surface area contributed by atoms with Gasteiger partial charge in [-0.25, -0.2) is 0 Å². The zero-order valence-corrected chi connectivity index (χ0v) is 14.1. The maximum absolute atomic E-state index is 3.77. The number of nitrogens with one attached hydrogen (secondary N) is 1. The summed E-state index contributed by atoms with van der Waals surface area (Å²) in [6.45, 7) is 12.2. The minimum Gasteiger partial charge on any atom is -0.314 e. The third-order valence-electron chi connectivity index (χ3n) is 6.14. The molecule has 0 radical (unpaired) electrons. The molecule has 2 heteroatoms. The van der Waals surface area contributed by atoms with E-state index < -0.39 is 0 Å². The molecule has 0 amide bonds. The van der Waals surface area contributed by atoms with Crippen molar-refractivity contribution in [1.82, 2.24) is 10.2 Å². The van der Waals surface area contributed by atoms with Gasteiger partial charge in [0.25, 0.3) is 0 Å². The smallest absolute Gasteiger partial charge is 0.0107 e. The van der Waals surface area contributed by atoms with Gasteiger partial charge >= 0.3 is 0 Å². The maximum atomic E-state index is 3.77. The van der Waals surface area contributed by atoms with Gasteiger partial charge in [0.2, 0.25) is 0 Å². The molecule has 1 aliphatic carbocycles. The van der Waals surface area contributed by atoms with Gasteiger partial charge in [0.05, 0.1) is 0 Å². The van der Waals surface area contributed by atoms with Crippen molar-refractivity contribution in [1.29, 1.82) is 0 Å². The zero-order chi connectivity index (χ0) is 14.4. The average Bonchev–Trinajstić information content (AvgIpc) is 2.76. The summed E-state index contributed by atoms with van der Waals surface area (Å²) in [5.74, 6) is 0.891. The van der Waals surface area contributed by atoms with Crippen LogP contribution >= 0.6 is 0 Å². The van der Waals surface area contributed by atoms with E-state index in [0.29, 0.717) is 5.41 Å². The highest BCUT2D eigenvalue weighted by Gasteiger charge is 2.36. The second-order valence-electron chi connectivity index (χ2n) is 7.25. The van der Waals surface area contributed by atoms with Gasteiger partial charge in [0.1, 0.15) is 0 Å². The molecule has 20 heavy (non-hydrogen) atoms. The molecule has 2 unspecified atom stereocenters. The first-order valence-electron chi connectivity index (χ1n) is 9.18. The Morgan fingerprint density at radius 3 is 2.45 bits per heavy atom. The summed E-state index contributed by atoms with van der Waals surface area (Å²) in [7, 11) is 0. The second-order valence-corrected chi connectivity index (χ2v) is 7.25. The number of nitrogens with zero attached hydrogens (tertiary/aromatic N) is 1. The first-order valence-corrected chi connectivity index (χ1v) is 9.18. The fraction of sp³-hybridized carbons (Fsp3) is 1.00. The minimum atomic E-state index is 0.637. The van der Waals surface area contributed by atoms with E-state index in [1.54, 1.807) is 0 Å². The molecule has 0 aromatic heterocycles. The van der Waals surface area contributed by atoms with Gasteiger partial charge < -0.3 is 10.2 Å². The van der Waals surface area contributed by atoms with Gasteiger partial charge in [-0.05, 0) is 56.5 Å². The first kappa shape index (κ1) is 16.3. The van der Waals surface area contributed by atoms with Gasteiger partial charge in [0.15, 0.2) is 0 Å². The largest absolute Gasteiger partial charge is 0.314 e. The number of likely N-dealkylation sites (tertiary alicyclic amines) is 1. The molecule has 1 aliphatic heterocycles. The Bertz CT molecular complexity index is 273. The summed E-state index contributed by atoms with van der Waals surface area (Å²) in [5, 5.41) is 3.77. The summed E-state index contributed by atoms with van der Waals surface area (Å²) < 4.78 is 0. The van der Waals surface area contributed by atoms with Crippen LogP contribution in [-0.4, -0.2) is 37.1 Å². The van der Waals surface area contributed by atoms with E-state index in [2.05, 4.69) is 31.0 Å².